The fourth-order valence-corrected chi connectivity index (χ4v) is 2.89. The van der Waals surface area contributed by atoms with Crippen molar-refractivity contribution in [1.29, 1.82) is 0 Å². The molecule has 3 rings (SSSR count). The molecular weight excluding hydrogens is 306 g/mol. The zero-order valence-electron chi connectivity index (χ0n) is 13.9. The van der Waals surface area contributed by atoms with Gasteiger partial charge in [-0.2, -0.15) is 0 Å². The van der Waals surface area contributed by atoms with Crippen LogP contribution in [0.5, 0.6) is 0 Å². The third kappa shape index (κ3) is 4.43. The van der Waals surface area contributed by atoms with Crippen LogP contribution < -0.4 is 5.32 Å². The predicted octanol–water partition coefficient (Wildman–Crippen LogP) is 2.00. The molecular formula is C18H23N3O3. The fourth-order valence-electron chi connectivity index (χ4n) is 2.89. The molecule has 2 aromatic rings. The van der Waals surface area contributed by atoms with Crippen LogP contribution in [0.4, 0.5) is 0 Å². The number of hydrogen-bond donors (Lipinski definition) is 1. The highest BCUT2D eigenvalue weighted by molar-refractivity contribution is 5.90. The van der Waals surface area contributed by atoms with Gasteiger partial charge in [0, 0.05) is 26.2 Å². The van der Waals surface area contributed by atoms with Crippen LogP contribution in [0, 0.1) is 6.92 Å². The molecule has 1 aromatic carbocycles. The minimum Gasteiger partial charge on any atom is -0.438 e. The Hall–Kier alpha value is -2.18. The Morgan fingerprint density at radius 3 is 3.08 bits per heavy atom. The smallest absolute Gasteiger partial charge is 0.288 e. The van der Waals surface area contributed by atoms with Gasteiger partial charge in [0.1, 0.15) is 0 Å². The maximum Gasteiger partial charge on any atom is 0.288 e. The van der Waals surface area contributed by atoms with E-state index in [1.165, 1.54) is 23.7 Å². The van der Waals surface area contributed by atoms with Crippen LogP contribution in [-0.2, 0) is 11.3 Å². The number of carbonyl (C=O) groups excluding carboxylic acids is 1. The van der Waals surface area contributed by atoms with Crippen LogP contribution in [-0.4, -0.2) is 48.1 Å². The van der Waals surface area contributed by atoms with Crippen molar-refractivity contribution >= 4 is 5.91 Å². The number of morpholine rings is 1. The van der Waals surface area contributed by atoms with Crippen LogP contribution in [0.2, 0.25) is 0 Å². The standard InChI is InChI=1S/C18H23N3O3/c1-14-4-2-3-5-15(14)11-21-8-9-23-16(12-21)6-7-20-18(22)17-10-19-13-24-17/h2-5,10,13,16H,6-9,11-12H2,1H3,(H,20,22)/t16-/m1/s1. The summed E-state index contributed by atoms with van der Waals surface area (Å²) in [6.07, 6.45) is 3.58. The molecule has 24 heavy (non-hydrogen) atoms. The number of carbonyl (C=O) groups is 1. The van der Waals surface area contributed by atoms with Gasteiger partial charge in [0.25, 0.3) is 5.91 Å². The van der Waals surface area contributed by atoms with Crippen LogP contribution in [0.15, 0.2) is 41.3 Å². The fraction of sp³-hybridized carbons (Fsp3) is 0.444. The molecule has 1 aliphatic rings. The van der Waals surface area contributed by atoms with E-state index >= 15 is 0 Å². The van der Waals surface area contributed by atoms with Crippen molar-refractivity contribution in [3.8, 4) is 0 Å². The second-order valence-corrected chi connectivity index (χ2v) is 6.06. The van der Waals surface area contributed by atoms with Crippen LogP contribution in [0.25, 0.3) is 0 Å². The van der Waals surface area contributed by atoms with Gasteiger partial charge in [-0.25, -0.2) is 4.98 Å². The van der Waals surface area contributed by atoms with Crippen molar-refractivity contribution < 1.29 is 13.9 Å². The first kappa shape index (κ1) is 16.7. The number of aryl methyl sites for hydroxylation is 1. The molecule has 1 amide bonds. The largest absolute Gasteiger partial charge is 0.438 e. The monoisotopic (exact) mass is 329 g/mol. The van der Waals surface area contributed by atoms with E-state index in [0.29, 0.717) is 6.54 Å². The quantitative estimate of drug-likeness (QED) is 0.878. The summed E-state index contributed by atoms with van der Waals surface area (Å²) in [4.78, 5) is 17.9. The Bertz CT molecular complexity index is 657. The topological polar surface area (TPSA) is 67.6 Å². The van der Waals surface area contributed by atoms with E-state index in [0.717, 1.165) is 32.7 Å². The van der Waals surface area contributed by atoms with Crippen LogP contribution in [0.3, 0.4) is 0 Å². The number of oxazole rings is 1. The first-order chi connectivity index (χ1) is 11.7. The molecule has 1 aromatic heterocycles. The first-order valence-corrected chi connectivity index (χ1v) is 8.27. The minimum absolute atomic E-state index is 0.137. The summed E-state index contributed by atoms with van der Waals surface area (Å²) in [7, 11) is 0. The van der Waals surface area contributed by atoms with Crippen molar-refractivity contribution in [2.24, 2.45) is 0 Å². The number of amides is 1. The second kappa shape index (κ2) is 8.08. The lowest BCUT2D eigenvalue weighted by Gasteiger charge is -2.33. The van der Waals surface area contributed by atoms with Gasteiger partial charge < -0.3 is 14.5 Å². The Morgan fingerprint density at radius 2 is 2.29 bits per heavy atom. The molecule has 128 valence electrons. The summed E-state index contributed by atoms with van der Waals surface area (Å²) < 4.78 is 10.8. The van der Waals surface area contributed by atoms with Gasteiger partial charge in [0.2, 0.25) is 5.76 Å². The summed E-state index contributed by atoms with van der Waals surface area (Å²) in [5, 5.41) is 2.83. The van der Waals surface area contributed by atoms with E-state index in [4.69, 9.17) is 9.15 Å². The van der Waals surface area contributed by atoms with Gasteiger partial charge in [0.15, 0.2) is 6.39 Å². The number of nitrogens with one attached hydrogen (secondary N) is 1. The molecule has 0 aliphatic carbocycles. The number of benzene rings is 1. The average Bonchev–Trinajstić information content (AvgIpc) is 3.12. The number of ether oxygens (including phenoxy) is 1. The van der Waals surface area contributed by atoms with Gasteiger partial charge in [0.05, 0.1) is 18.9 Å². The van der Waals surface area contributed by atoms with Gasteiger partial charge in [-0.3, -0.25) is 9.69 Å². The summed E-state index contributed by atoms with van der Waals surface area (Å²) in [5.41, 5.74) is 2.68. The number of hydrogen-bond acceptors (Lipinski definition) is 5. The summed E-state index contributed by atoms with van der Waals surface area (Å²) in [6.45, 7) is 6.19. The molecule has 0 saturated carbocycles. The van der Waals surface area contributed by atoms with Crippen molar-refractivity contribution in [2.45, 2.75) is 26.0 Å². The highest BCUT2D eigenvalue weighted by atomic mass is 16.5. The molecule has 2 heterocycles. The van der Waals surface area contributed by atoms with Crippen molar-refractivity contribution in [3.05, 3.63) is 53.7 Å². The van der Waals surface area contributed by atoms with E-state index in [1.807, 2.05) is 0 Å². The Labute approximate surface area is 141 Å². The SMILES string of the molecule is Cc1ccccc1CN1CCO[C@H](CCNC(=O)c2cnco2)C1. The predicted molar refractivity (Wildman–Crippen MR) is 89.6 cm³/mol. The third-order valence-electron chi connectivity index (χ3n) is 4.29. The Morgan fingerprint density at radius 1 is 1.42 bits per heavy atom. The average molecular weight is 329 g/mol. The molecule has 1 atom stereocenters. The molecule has 6 nitrogen and oxygen atoms in total. The highest BCUT2D eigenvalue weighted by Gasteiger charge is 2.21. The van der Waals surface area contributed by atoms with Gasteiger partial charge in [-0.1, -0.05) is 24.3 Å². The Balaban J connectivity index is 1.44. The van der Waals surface area contributed by atoms with Crippen LogP contribution in [0.1, 0.15) is 28.1 Å². The lowest BCUT2D eigenvalue weighted by atomic mass is 10.1. The zero-order chi connectivity index (χ0) is 16.8. The third-order valence-corrected chi connectivity index (χ3v) is 4.29. The first-order valence-electron chi connectivity index (χ1n) is 8.27. The zero-order valence-corrected chi connectivity index (χ0v) is 13.9. The van der Waals surface area contributed by atoms with Crippen molar-refractivity contribution in [3.63, 3.8) is 0 Å². The van der Waals surface area contributed by atoms with Crippen LogP contribution >= 0.6 is 0 Å². The van der Waals surface area contributed by atoms with E-state index in [2.05, 4.69) is 46.4 Å². The molecule has 0 unspecified atom stereocenters. The van der Waals surface area contributed by atoms with E-state index in [-0.39, 0.29) is 17.8 Å². The summed E-state index contributed by atoms with van der Waals surface area (Å²) >= 11 is 0. The molecule has 1 N–H and O–H groups in total. The molecule has 0 spiro atoms. The number of aromatic nitrogens is 1. The van der Waals surface area contributed by atoms with Crippen molar-refractivity contribution in [2.75, 3.05) is 26.2 Å². The lowest BCUT2D eigenvalue weighted by Crippen LogP contribution is -2.43. The van der Waals surface area contributed by atoms with E-state index < -0.39 is 0 Å². The van der Waals surface area contributed by atoms with E-state index in [1.54, 1.807) is 0 Å². The maximum atomic E-state index is 11.8. The highest BCUT2D eigenvalue weighted by Crippen LogP contribution is 2.15. The molecule has 0 bridgehead atoms. The summed E-state index contributed by atoms with van der Waals surface area (Å²) in [6, 6.07) is 8.47. The summed E-state index contributed by atoms with van der Waals surface area (Å²) in [5.74, 6) is 0.000757. The molecule has 1 aliphatic heterocycles. The molecule has 1 fully saturated rings. The van der Waals surface area contributed by atoms with Gasteiger partial charge in [-0.15, -0.1) is 0 Å². The Kier molecular flexibility index (Phi) is 5.61. The van der Waals surface area contributed by atoms with Crippen molar-refractivity contribution in [1.82, 2.24) is 15.2 Å². The number of nitrogens with zero attached hydrogens (tertiary/aromatic N) is 2. The maximum absolute atomic E-state index is 11.8. The number of rotatable bonds is 6. The van der Waals surface area contributed by atoms with Gasteiger partial charge in [-0.05, 0) is 24.5 Å². The molecule has 0 radical (unpaired) electrons. The minimum atomic E-state index is -0.236. The molecule has 6 heteroatoms. The lowest BCUT2D eigenvalue weighted by molar-refractivity contribution is -0.0342. The van der Waals surface area contributed by atoms with Gasteiger partial charge >= 0.3 is 0 Å². The normalized spacial score (nSPS) is 18.5. The second-order valence-electron chi connectivity index (χ2n) is 6.06. The molecule has 1 saturated heterocycles. The van der Waals surface area contributed by atoms with E-state index in [9.17, 15) is 4.79 Å².